The molecule has 10 aromatic rings. The molecule has 3 heterocycles. The van der Waals surface area contributed by atoms with Crippen LogP contribution in [0.1, 0.15) is 48.9 Å². The van der Waals surface area contributed by atoms with Crippen LogP contribution in [-0.2, 0) is 6.42 Å². The van der Waals surface area contributed by atoms with Gasteiger partial charge in [0.05, 0.1) is 33.3 Å². The molecule has 0 N–H and O–H groups in total. The van der Waals surface area contributed by atoms with Gasteiger partial charge in [0, 0.05) is 44.0 Å². The van der Waals surface area contributed by atoms with Gasteiger partial charge in [-0.2, -0.15) is 0 Å². The zero-order chi connectivity index (χ0) is 37.5. The van der Waals surface area contributed by atoms with Crippen LogP contribution in [0.5, 0.6) is 0 Å². The highest BCUT2D eigenvalue weighted by Gasteiger charge is 2.23. The van der Waals surface area contributed by atoms with Crippen LogP contribution in [0.4, 0.5) is 0 Å². The maximum absolute atomic E-state index is 2.51. The van der Waals surface area contributed by atoms with E-state index in [9.17, 15) is 0 Å². The van der Waals surface area contributed by atoms with Gasteiger partial charge in [-0.25, -0.2) is 0 Å². The SMILES string of the molecule is C1=Cc2c(c3ccccc3n2-c2cccc3c2c2ccccc2n3-c2ccc3c4ccccc4n(-c4cc(C5=CCCCC5)cc(-c5ccccc5)c4)c3c2)CC1. The van der Waals surface area contributed by atoms with E-state index in [4.69, 9.17) is 0 Å². The lowest BCUT2D eigenvalue weighted by atomic mass is 9.91. The van der Waals surface area contributed by atoms with E-state index in [1.54, 1.807) is 0 Å². The third-order valence-corrected chi connectivity index (χ3v) is 12.6. The molecular weight excluding hydrogens is 691 g/mol. The average molecular weight is 732 g/mol. The third-order valence-electron chi connectivity index (χ3n) is 12.6. The van der Waals surface area contributed by atoms with Crippen molar-refractivity contribution in [2.45, 2.75) is 38.5 Å². The lowest BCUT2D eigenvalue weighted by Crippen LogP contribution is -2.01. The maximum Gasteiger partial charge on any atom is 0.0562 e. The number of benzene rings is 7. The van der Waals surface area contributed by atoms with E-state index < -0.39 is 0 Å². The Hall–Kier alpha value is -6.84. The second-order valence-electron chi connectivity index (χ2n) is 15.8. The molecule has 0 radical (unpaired) electrons. The van der Waals surface area contributed by atoms with Gasteiger partial charge in [-0.15, -0.1) is 0 Å². The van der Waals surface area contributed by atoms with Gasteiger partial charge in [0.1, 0.15) is 0 Å². The molecule has 7 aromatic carbocycles. The first-order valence-electron chi connectivity index (χ1n) is 20.6. The molecule has 3 nitrogen and oxygen atoms in total. The summed E-state index contributed by atoms with van der Waals surface area (Å²) in [6.07, 6.45) is 14.1. The Balaban J connectivity index is 1.13. The molecule has 12 rings (SSSR count). The number of aryl methyl sites for hydroxylation is 1. The molecule has 0 bridgehead atoms. The Morgan fingerprint density at radius 2 is 1.09 bits per heavy atom. The van der Waals surface area contributed by atoms with Crippen molar-refractivity contribution in [2.24, 2.45) is 0 Å². The van der Waals surface area contributed by atoms with Gasteiger partial charge in [0.25, 0.3) is 0 Å². The first-order chi connectivity index (χ1) is 28.3. The molecule has 0 fully saturated rings. The minimum atomic E-state index is 1.07. The molecule has 0 aliphatic heterocycles. The van der Waals surface area contributed by atoms with E-state index >= 15 is 0 Å². The number of nitrogens with zero attached hydrogens (tertiary/aromatic N) is 3. The van der Waals surface area contributed by atoms with Crippen molar-refractivity contribution < 1.29 is 0 Å². The maximum atomic E-state index is 2.51. The first kappa shape index (κ1) is 32.4. The molecule has 2 aliphatic rings. The molecule has 0 saturated heterocycles. The number of aromatic nitrogens is 3. The quantitative estimate of drug-likeness (QED) is 0.167. The molecule has 0 saturated carbocycles. The van der Waals surface area contributed by atoms with Crippen LogP contribution in [0.3, 0.4) is 0 Å². The fourth-order valence-corrected chi connectivity index (χ4v) is 10.1. The number of para-hydroxylation sites is 3. The van der Waals surface area contributed by atoms with Crippen LogP contribution in [0, 0.1) is 0 Å². The average Bonchev–Trinajstić information content (AvgIpc) is 3.92. The van der Waals surface area contributed by atoms with Crippen molar-refractivity contribution in [3.05, 3.63) is 187 Å². The zero-order valence-electron chi connectivity index (χ0n) is 31.8. The van der Waals surface area contributed by atoms with E-state index in [2.05, 4.69) is 190 Å². The number of hydrogen-bond donors (Lipinski definition) is 0. The van der Waals surface area contributed by atoms with E-state index in [0.29, 0.717) is 0 Å². The number of hydrogen-bond acceptors (Lipinski definition) is 0. The molecule has 3 heteroatoms. The summed E-state index contributed by atoms with van der Waals surface area (Å²) in [7, 11) is 0. The van der Waals surface area contributed by atoms with Crippen molar-refractivity contribution in [1.29, 1.82) is 0 Å². The van der Waals surface area contributed by atoms with Crippen molar-refractivity contribution in [3.63, 3.8) is 0 Å². The summed E-state index contributed by atoms with van der Waals surface area (Å²) in [5.41, 5.74) is 17.7. The van der Waals surface area contributed by atoms with Gasteiger partial charge in [-0.3, -0.25) is 0 Å². The Morgan fingerprint density at radius 3 is 1.91 bits per heavy atom. The monoisotopic (exact) mass is 731 g/mol. The summed E-state index contributed by atoms with van der Waals surface area (Å²) in [5.74, 6) is 0. The highest BCUT2D eigenvalue weighted by atomic mass is 15.0. The van der Waals surface area contributed by atoms with Gasteiger partial charge in [-0.1, -0.05) is 109 Å². The van der Waals surface area contributed by atoms with E-state index in [-0.39, 0.29) is 0 Å². The molecule has 0 atom stereocenters. The summed E-state index contributed by atoms with van der Waals surface area (Å²) < 4.78 is 7.51. The first-order valence-corrected chi connectivity index (χ1v) is 20.6. The van der Waals surface area contributed by atoms with Crippen molar-refractivity contribution >= 4 is 66.2 Å². The minimum absolute atomic E-state index is 1.07. The predicted octanol–water partition coefficient (Wildman–Crippen LogP) is 14.4. The van der Waals surface area contributed by atoms with Crippen LogP contribution in [0.2, 0.25) is 0 Å². The van der Waals surface area contributed by atoms with Gasteiger partial charge < -0.3 is 13.7 Å². The summed E-state index contributed by atoms with van der Waals surface area (Å²) in [6.45, 7) is 0. The van der Waals surface area contributed by atoms with Gasteiger partial charge in [-0.05, 0) is 133 Å². The normalized spacial score (nSPS) is 14.3. The van der Waals surface area contributed by atoms with Crippen molar-refractivity contribution in [3.8, 4) is 28.2 Å². The van der Waals surface area contributed by atoms with E-state index in [1.165, 1.54) is 112 Å². The molecule has 3 aromatic heterocycles. The lowest BCUT2D eigenvalue weighted by Gasteiger charge is -2.18. The largest absolute Gasteiger partial charge is 0.309 e. The highest BCUT2D eigenvalue weighted by molar-refractivity contribution is 6.15. The van der Waals surface area contributed by atoms with Gasteiger partial charge in [0.15, 0.2) is 0 Å². The number of allylic oxidation sites excluding steroid dienone is 3. The number of rotatable bonds is 5. The molecule has 0 amide bonds. The van der Waals surface area contributed by atoms with Crippen LogP contribution < -0.4 is 0 Å². The Morgan fingerprint density at radius 1 is 0.404 bits per heavy atom. The fraction of sp³-hybridized carbons (Fsp3) is 0.111. The molecule has 0 unspecified atom stereocenters. The van der Waals surface area contributed by atoms with Crippen LogP contribution in [0.15, 0.2) is 170 Å². The van der Waals surface area contributed by atoms with Crippen molar-refractivity contribution in [1.82, 2.24) is 13.7 Å². The lowest BCUT2D eigenvalue weighted by molar-refractivity contribution is 0.742. The topological polar surface area (TPSA) is 14.8 Å². The van der Waals surface area contributed by atoms with Crippen molar-refractivity contribution in [2.75, 3.05) is 0 Å². The van der Waals surface area contributed by atoms with Crippen LogP contribution in [0.25, 0.3) is 94.4 Å². The van der Waals surface area contributed by atoms with E-state index in [0.717, 1.165) is 31.4 Å². The molecule has 2 aliphatic carbocycles. The van der Waals surface area contributed by atoms with Crippen LogP contribution >= 0.6 is 0 Å². The Kier molecular flexibility index (Phi) is 7.31. The fourth-order valence-electron chi connectivity index (χ4n) is 10.1. The zero-order valence-corrected chi connectivity index (χ0v) is 31.8. The summed E-state index contributed by atoms with van der Waals surface area (Å²) in [6, 6.07) is 58.9. The molecular formula is C54H41N3. The Bertz CT molecular complexity index is 3290. The van der Waals surface area contributed by atoms with Crippen LogP contribution in [-0.4, -0.2) is 13.7 Å². The summed E-state index contributed by atoms with van der Waals surface area (Å²) >= 11 is 0. The molecule has 0 spiro atoms. The second kappa shape index (κ2) is 12.9. The third kappa shape index (κ3) is 4.98. The highest BCUT2D eigenvalue weighted by Crippen LogP contribution is 2.42. The second-order valence-corrected chi connectivity index (χ2v) is 15.8. The number of fused-ring (bicyclic) bond motifs is 9. The summed E-state index contributed by atoms with van der Waals surface area (Å²) in [4.78, 5) is 0. The summed E-state index contributed by atoms with van der Waals surface area (Å²) in [5, 5.41) is 6.42. The van der Waals surface area contributed by atoms with E-state index in [1.807, 2.05) is 0 Å². The molecule has 272 valence electrons. The molecule has 57 heavy (non-hydrogen) atoms. The minimum Gasteiger partial charge on any atom is -0.309 e. The predicted molar refractivity (Wildman–Crippen MR) is 241 cm³/mol. The standard InChI is InChI=1S/C54H41N3/c1-3-16-36(17-4-1)38-32-39(37-18-5-2-6-19-37)34-41(33-38)56-47-24-11-7-22-44(47)45-31-30-40(35-53(45)56)55-50-27-14-10-23-46(50)54-51(55)28-15-29-52(54)57-48-25-12-8-20-42(48)43-21-9-13-26-49(43)57/h1,3-4,7-8,10-18,20,22-35H,2,5-6,9,19,21H2. The van der Waals surface area contributed by atoms with Gasteiger partial charge >= 0.3 is 0 Å². The smallest absolute Gasteiger partial charge is 0.0562 e. The van der Waals surface area contributed by atoms with Gasteiger partial charge in [0.2, 0.25) is 0 Å². The Labute approximate surface area is 332 Å².